The number of hydrogen-bond donors (Lipinski definition) is 2. The van der Waals surface area contributed by atoms with Crippen LogP contribution in [0.25, 0.3) is 0 Å². The van der Waals surface area contributed by atoms with Gasteiger partial charge in [0, 0.05) is 49.5 Å². The lowest BCUT2D eigenvalue weighted by Crippen LogP contribution is -2.43. The number of halogens is 1. The van der Waals surface area contributed by atoms with E-state index in [-0.39, 0.29) is 11.3 Å². The molecular formula is C17H20ClN3O2. The van der Waals surface area contributed by atoms with Crippen molar-refractivity contribution in [3.8, 4) is 5.75 Å². The molecule has 0 amide bonds. The molecule has 2 heterocycles. The molecule has 23 heavy (non-hydrogen) atoms. The minimum Gasteiger partial charge on any atom is -0.503 e. The molecule has 1 fully saturated rings. The molecule has 0 atom stereocenters. The van der Waals surface area contributed by atoms with E-state index in [9.17, 15) is 9.90 Å². The summed E-state index contributed by atoms with van der Waals surface area (Å²) in [5, 5.41) is 14.1. The maximum absolute atomic E-state index is 12.4. The van der Waals surface area contributed by atoms with Crippen LogP contribution in [0.3, 0.4) is 0 Å². The summed E-state index contributed by atoms with van der Waals surface area (Å²) < 4.78 is 1.48. The molecule has 0 bridgehead atoms. The summed E-state index contributed by atoms with van der Waals surface area (Å²) in [5.74, 6) is -0.168. The smallest absolute Gasteiger partial charge is 0.293 e. The van der Waals surface area contributed by atoms with Crippen LogP contribution in [0, 0.1) is 0 Å². The van der Waals surface area contributed by atoms with Crippen molar-refractivity contribution in [1.82, 2.24) is 14.8 Å². The highest BCUT2D eigenvalue weighted by Gasteiger charge is 2.15. The summed E-state index contributed by atoms with van der Waals surface area (Å²) in [6.07, 6.45) is 1.73. The van der Waals surface area contributed by atoms with Gasteiger partial charge >= 0.3 is 0 Å². The summed E-state index contributed by atoms with van der Waals surface area (Å²) in [4.78, 5) is 14.6. The van der Waals surface area contributed by atoms with Crippen molar-refractivity contribution in [2.24, 2.45) is 0 Å². The van der Waals surface area contributed by atoms with Gasteiger partial charge in [-0.25, -0.2) is 0 Å². The highest BCUT2D eigenvalue weighted by Crippen LogP contribution is 2.18. The topological polar surface area (TPSA) is 57.5 Å². The molecule has 1 saturated heterocycles. The molecular weight excluding hydrogens is 314 g/mol. The van der Waals surface area contributed by atoms with Crippen molar-refractivity contribution in [3.05, 3.63) is 63.0 Å². The third-order valence-electron chi connectivity index (χ3n) is 4.13. The first-order chi connectivity index (χ1) is 11.1. The van der Waals surface area contributed by atoms with E-state index in [4.69, 9.17) is 11.6 Å². The predicted octanol–water partition coefficient (Wildman–Crippen LogP) is 1.66. The van der Waals surface area contributed by atoms with Crippen molar-refractivity contribution < 1.29 is 5.11 Å². The molecule has 1 aromatic heterocycles. The molecule has 122 valence electrons. The van der Waals surface area contributed by atoms with Gasteiger partial charge in [0.05, 0.1) is 6.54 Å². The Morgan fingerprint density at radius 2 is 1.83 bits per heavy atom. The molecule has 0 spiro atoms. The zero-order valence-electron chi connectivity index (χ0n) is 12.8. The van der Waals surface area contributed by atoms with Crippen LogP contribution in [0.2, 0.25) is 5.02 Å². The summed E-state index contributed by atoms with van der Waals surface area (Å²) in [5.41, 5.74) is 1.15. The van der Waals surface area contributed by atoms with Gasteiger partial charge in [-0.15, -0.1) is 0 Å². The summed E-state index contributed by atoms with van der Waals surface area (Å²) in [6.45, 7) is 4.65. The van der Waals surface area contributed by atoms with Crippen molar-refractivity contribution in [1.29, 1.82) is 0 Å². The third kappa shape index (κ3) is 3.75. The maximum Gasteiger partial charge on any atom is 0.293 e. The molecule has 0 saturated carbocycles. The van der Waals surface area contributed by atoms with E-state index in [1.807, 2.05) is 24.3 Å². The van der Waals surface area contributed by atoms with Gasteiger partial charge in [-0.1, -0.05) is 29.8 Å². The van der Waals surface area contributed by atoms with Crippen LogP contribution in [0.15, 0.2) is 41.3 Å². The molecule has 1 aromatic carbocycles. The molecule has 0 radical (unpaired) electrons. The Kier molecular flexibility index (Phi) is 5.00. The van der Waals surface area contributed by atoms with E-state index in [1.54, 1.807) is 12.3 Å². The monoisotopic (exact) mass is 333 g/mol. The quantitative estimate of drug-likeness (QED) is 0.893. The first-order valence-electron chi connectivity index (χ1n) is 7.73. The lowest BCUT2D eigenvalue weighted by Gasteiger charge is -2.27. The van der Waals surface area contributed by atoms with Gasteiger partial charge in [-0.2, -0.15) is 0 Å². The van der Waals surface area contributed by atoms with Crippen LogP contribution in [0.4, 0.5) is 0 Å². The number of aromatic nitrogens is 1. The summed E-state index contributed by atoms with van der Waals surface area (Å²) in [7, 11) is 0. The number of nitrogens with one attached hydrogen (secondary N) is 1. The number of rotatable bonds is 4. The second-order valence-electron chi connectivity index (χ2n) is 5.74. The Morgan fingerprint density at radius 1 is 1.09 bits per heavy atom. The van der Waals surface area contributed by atoms with Crippen LogP contribution < -0.4 is 10.9 Å². The van der Waals surface area contributed by atoms with Crippen LogP contribution >= 0.6 is 11.6 Å². The van der Waals surface area contributed by atoms with Crippen LogP contribution in [0.5, 0.6) is 5.75 Å². The first-order valence-corrected chi connectivity index (χ1v) is 8.10. The first kappa shape index (κ1) is 16.1. The second kappa shape index (κ2) is 7.17. The van der Waals surface area contributed by atoms with Crippen molar-refractivity contribution in [2.45, 2.75) is 13.1 Å². The number of piperazine rings is 1. The van der Waals surface area contributed by atoms with Gasteiger partial charge in [-0.3, -0.25) is 9.69 Å². The molecule has 2 N–H and O–H groups in total. The SMILES string of the molecule is O=c1c(O)c(CN2CCNCC2)ccn1Cc1ccccc1Cl. The maximum atomic E-state index is 12.4. The van der Waals surface area contributed by atoms with Gasteiger partial charge in [0.1, 0.15) is 0 Å². The Morgan fingerprint density at radius 3 is 2.57 bits per heavy atom. The third-order valence-corrected chi connectivity index (χ3v) is 4.49. The highest BCUT2D eigenvalue weighted by atomic mass is 35.5. The Bertz CT molecular complexity index is 739. The molecule has 2 aromatic rings. The predicted molar refractivity (Wildman–Crippen MR) is 91.1 cm³/mol. The minimum absolute atomic E-state index is 0.168. The number of benzene rings is 1. The standard InChI is InChI=1S/C17H20ClN3O2/c18-15-4-2-1-3-13(15)12-21-8-5-14(16(22)17(21)23)11-20-9-6-19-7-10-20/h1-5,8,19,22H,6-7,9-12H2. The number of pyridine rings is 1. The van der Waals surface area contributed by atoms with Crippen LogP contribution in [-0.2, 0) is 13.1 Å². The van der Waals surface area contributed by atoms with Crippen molar-refractivity contribution in [3.63, 3.8) is 0 Å². The van der Waals surface area contributed by atoms with Gasteiger partial charge in [0.15, 0.2) is 5.75 Å². The Hall–Kier alpha value is -1.82. The van der Waals surface area contributed by atoms with Crippen LogP contribution in [-0.4, -0.2) is 40.8 Å². The Labute approximate surface area is 140 Å². The van der Waals surface area contributed by atoms with Gasteiger partial charge in [0.25, 0.3) is 5.56 Å². The van der Waals surface area contributed by atoms with Gasteiger partial charge < -0.3 is 15.0 Å². The van der Waals surface area contributed by atoms with Crippen LogP contribution in [0.1, 0.15) is 11.1 Å². The summed E-state index contributed by atoms with van der Waals surface area (Å²) >= 11 is 6.14. The average Bonchev–Trinajstić information content (AvgIpc) is 2.57. The van der Waals surface area contributed by atoms with Gasteiger partial charge in [-0.05, 0) is 17.7 Å². The summed E-state index contributed by atoms with van der Waals surface area (Å²) in [6, 6.07) is 9.21. The number of hydrogen-bond acceptors (Lipinski definition) is 4. The largest absolute Gasteiger partial charge is 0.503 e. The minimum atomic E-state index is -0.377. The fourth-order valence-electron chi connectivity index (χ4n) is 2.77. The second-order valence-corrected chi connectivity index (χ2v) is 6.15. The number of aromatic hydroxyl groups is 1. The molecule has 1 aliphatic heterocycles. The molecule has 5 nitrogen and oxygen atoms in total. The van der Waals surface area contributed by atoms with E-state index in [0.717, 1.165) is 31.7 Å². The zero-order chi connectivity index (χ0) is 16.2. The lowest BCUT2D eigenvalue weighted by molar-refractivity contribution is 0.230. The zero-order valence-corrected chi connectivity index (χ0v) is 13.6. The van der Waals surface area contributed by atoms with Gasteiger partial charge in [0.2, 0.25) is 0 Å². The van der Waals surface area contributed by atoms with E-state index < -0.39 is 0 Å². The molecule has 6 heteroatoms. The van der Waals surface area contributed by atoms with E-state index in [1.165, 1.54) is 4.57 Å². The highest BCUT2D eigenvalue weighted by molar-refractivity contribution is 6.31. The van der Waals surface area contributed by atoms with Crippen molar-refractivity contribution in [2.75, 3.05) is 26.2 Å². The fraction of sp³-hybridized carbons (Fsp3) is 0.353. The molecule has 0 unspecified atom stereocenters. The fourth-order valence-corrected chi connectivity index (χ4v) is 2.97. The van der Waals surface area contributed by atoms with E-state index in [2.05, 4.69) is 10.2 Å². The number of nitrogens with zero attached hydrogens (tertiary/aromatic N) is 2. The molecule has 3 rings (SSSR count). The molecule has 1 aliphatic rings. The van der Waals surface area contributed by atoms with E-state index >= 15 is 0 Å². The normalized spacial score (nSPS) is 15.7. The Balaban J connectivity index is 1.80. The average molecular weight is 334 g/mol. The van der Waals surface area contributed by atoms with Crippen molar-refractivity contribution >= 4 is 11.6 Å². The molecule has 0 aliphatic carbocycles. The lowest BCUT2D eigenvalue weighted by atomic mass is 10.2. The van der Waals surface area contributed by atoms with E-state index in [0.29, 0.717) is 23.7 Å².